The molecule has 0 amide bonds. The Morgan fingerprint density at radius 3 is 3.05 bits per heavy atom. The maximum Gasteiger partial charge on any atom is 0.335 e. The van der Waals surface area contributed by atoms with Gasteiger partial charge in [0.1, 0.15) is 5.01 Å². The Morgan fingerprint density at radius 2 is 2.30 bits per heavy atom. The molecule has 20 heavy (non-hydrogen) atoms. The number of benzene rings is 1. The Kier molecular flexibility index (Phi) is 5.23. The van der Waals surface area contributed by atoms with E-state index in [-0.39, 0.29) is 0 Å². The molecule has 1 heterocycles. The van der Waals surface area contributed by atoms with Crippen LogP contribution in [0.5, 0.6) is 0 Å². The first-order valence-corrected chi connectivity index (χ1v) is 7.02. The molecule has 106 valence electrons. The highest BCUT2D eigenvalue weighted by molar-refractivity contribution is 7.09. The Balaban J connectivity index is 1.85. The molecule has 0 atom stereocenters. The van der Waals surface area contributed by atoms with Crippen molar-refractivity contribution in [1.29, 1.82) is 0 Å². The highest BCUT2D eigenvalue weighted by Crippen LogP contribution is 2.11. The maximum absolute atomic E-state index is 10.9. The first kappa shape index (κ1) is 14.6. The SMILES string of the molecule is COCc1nc(CNCc2cccc(C(=O)O)c2)cs1. The fourth-order valence-corrected chi connectivity index (χ4v) is 2.53. The molecule has 2 aromatic rings. The van der Waals surface area contributed by atoms with Gasteiger partial charge in [0.25, 0.3) is 0 Å². The molecule has 5 nitrogen and oxygen atoms in total. The van der Waals surface area contributed by atoms with Gasteiger partial charge in [-0.15, -0.1) is 11.3 Å². The Morgan fingerprint density at radius 1 is 1.45 bits per heavy atom. The third-order valence-electron chi connectivity index (χ3n) is 2.68. The molecule has 1 aromatic heterocycles. The number of rotatable bonds is 7. The van der Waals surface area contributed by atoms with Gasteiger partial charge < -0.3 is 15.2 Å². The van der Waals surface area contributed by atoms with Crippen LogP contribution in [0.1, 0.15) is 26.6 Å². The van der Waals surface area contributed by atoms with Crippen molar-refractivity contribution in [1.82, 2.24) is 10.3 Å². The van der Waals surface area contributed by atoms with E-state index < -0.39 is 5.97 Å². The number of nitrogens with zero attached hydrogens (tertiary/aromatic N) is 1. The highest BCUT2D eigenvalue weighted by Gasteiger charge is 2.04. The lowest BCUT2D eigenvalue weighted by atomic mass is 10.1. The van der Waals surface area contributed by atoms with E-state index in [0.717, 1.165) is 16.3 Å². The number of ether oxygens (including phenoxy) is 1. The summed E-state index contributed by atoms with van der Waals surface area (Å²) in [5.74, 6) is -0.907. The molecule has 0 saturated heterocycles. The molecule has 0 fully saturated rings. The van der Waals surface area contributed by atoms with Crippen molar-refractivity contribution in [3.8, 4) is 0 Å². The van der Waals surface area contributed by atoms with Crippen molar-refractivity contribution >= 4 is 17.3 Å². The molecule has 1 aromatic carbocycles. The number of carboxylic acid groups (broad SMARTS) is 1. The van der Waals surface area contributed by atoms with E-state index in [1.165, 1.54) is 0 Å². The zero-order valence-corrected chi connectivity index (χ0v) is 11.9. The lowest BCUT2D eigenvalue weighted by Crippen LogP contribution is -2.13. The van der Waals surface area contributed by atoms with Gasteiger partial charge >= 0.3 is 5.97 Å². The molecule has 2 N–H and O–H groups in total. The van der Waals surface area contributed by atoms with E-state index in [0.29, 0.717) is 25.3 Å². The molecular formula is C14H16N2O3S. The molecule has 6 heteroatoms. The van der Waals surface area contributed by atoms with E-state index in [1.807, 2.05) is 11.4 Å². The lowest BCUT2D eigenvalue weighted by molar-refractivity contribution is 0.0696. The van der Waals surface area contributed by atoms with Crippen LogP contribution in [0.15, 0.2) is 29.6 Å². The highest BCUT2D eigenvalue weighted by atomic mass is 32.1. The largest absolute Gasteiger partial charge is 0.478 e. The van der Waals surface area contributed by atoms with E-state index >= 15 is 0 Å². The second kappa shape index (κ2) is 7.14. The van der Waals surface area contributed by atoms with Crippen LogP contribution >= 0.6 is 11.3 Å². The van der Waals surface area contributed by atoms with Crippen molar-refractivity contribution < 1.29 is 14.6 Å². The molecular weight excluding hydrogens is 276 g/mol. The van der Waals surface area contributed by atoms with Gasteiger partial charge in [-0.3, -0.25) is 0 Å². The van der Waals surface area contributed by atoms with Crippen LogP contribution in [-0.4, -0.2) is 23.2 Å². The van der Waals surface area contributed by atoms with Gasteiger partial charge in [0, 0.05) is 25.6 Å². The topological polar surface area (TPSA) is 71.5 Å². The molecule has 0 unspecified atom stereocenters. The molecule has 0 spiro atoms. The summed E-state index contributed by atoms with van der Waals surface area (Å²) >= 11 is 1.57. The van der Waals surface area contributed by atoms with Crippen molar-refractivity contribution in [2.24, 2.45) is 0 Å². The summed E-state index contributed by atoms with van der Waals surface area (Å²) in [6, 6.07) is 6.91. The Labute approximate surface area is 121 Å². The number of hydrogen-bond donors (Lipinski definition) is 2. The molecule has 0 aliphatic carbocycles. The van der Waals surface area contributed by atoms with Crippen molar-refractivity contribution in [3.05, 3.63) is 51.5 Å². The number of aromatic carboxylic acids is 1. The lowest BCUT2D eigenvalue weighted by Gasteiger charge is -2.04. The van der Waals surface area contributed by atoms with Crippen molar-refractivity contribution in [3.63, 3.8) is 0 Å². The summed E-state index contributed by atoms with van der Waals surface area (Å²) in [6.07, 6.45) is 0. The zero-order chi connectivity index (χ0) is 14.4. The third kappa shape index (κ3) is 4.12. The van der Waals surface area contributed by atoms with Crippen LogP contribution in [0, 0.1) is 0 Å². The van der Waals surface area contributed by atoms with Gasteiger partial charge in [0.05, 0.1) is 17.9 Å². The average Bonchev–Trinajstić information content (AvgIpc) is 2.87. The van der Waals surface area contributed by atoms with Crippen LogP contribution in [0.4, 0.5) is 0 Å². The fraction of sp³-hybridized carbons (Fsp3) is 0.286. The first-order valence-electron chi connectivity index (χ1n) is 6.14. The number of methoxy groups -OCH3 is 1. The van der Waals surface area contributed by atoms with Gasteiger partial charge in [-0.1, -0.05) is 12.1 Å². The smallest absolute Gasteiger partial charge is 0.335 e. The summed E-state index contributed by atoms with van der Waals surface area (Å²) in [7, 11) is 1.65. The summed E-state index contributed by atoms with van der Waals surface area (Å²) in [6.45, 7) is 1.79. The summed E-state index contributed by atoms with van der Waals surface area (Å²) in [5.41, 5.74) is 2.22. The van der Waals surface area contributed by atoms with E-state index in [1.54, 1.807) is 36.6 Å². The normalized spacial score (nSPS) is 10.7. The van der Waals surface area contributed by atoms with Crippen LogP contribution in [0.3, 0.4) is 0 Å². The monoisotopic (exact) mass is 292 g/mol. The summed E-state index contributed by atoms with van der Waals surface area (Å²) < 4.78 is 5.02. The van der Waals surface area contributed by atoms with Crippen molar-refractivity contribution in [2.45, 2.75) is 19.7 Å². The quantitative estimate of drug-likeness (QED) is 0.819. The minimum Gasteiger partial charge on any atom is -0.478 e. The molecule has 0 radical (unpaired) electrons. The van der Waals surface area contributed by atoms with Crippen LogP contribution < -0.4 is 5.32 Å². The summed E-state index contributed by atoms with van der Waals surface area (Å²) in [5, 5.41) is 15.1. The van der Waals surface area contributed by atoms with E-state index in [2.05, 4.69) is 10.3 Å². The van der Waals surface area contributed by atoms with Gasteiger partial charge in [0.15, 0.2) is 0 Å². The first-order chi connectivity index (χ1) is 9.69. The minimum absolute atomic E-state index is 0.306. The van der Waals surface area contributed by atoms with Crippen molar-refractivity contribution in [2.75, 3.05) is 7.11 Å². The molecule has 0 aliphatic rings. The predicted molar refractivity (Wildman–Crippen MR) is 76.8 cm³/mol. The number of carbonyl (C=O) groups is 1. The molecule has 0 bridgehead atoms. The standard InChI is InChI=1S/C14H16N2O3S/c1-19-8-13-16-12(9-20-13)7-15-6-10-3-2-4-11(5-10)14(17)18/h2-5,9,15H,6-8H2,1H3,(H,17,18). The number of thiazole rings is 1. The zero-order valence-electron chi connectivity index (χ0n) is 11.1. The van der Waals surface area contributed by atoms with E-state index in [9.17, 15) is 4.79 Å². The minimum atomic E-state index is -0.907. The number of aromatic nitrogens is 1. The second-order valence-corrected chi connectivity index (χ2v) is 5.22. The van der Waals surface area contributed by atoms with E-state index in [4.69, 9.17) is 9.84 Å². The van der Waals surface area contributed by atoms with Crippen LogP contribution in [0.25, 0.3) is 0 Å². The van der Waals surface area contributed by atoms with Gasteiger partial charge in [-0.05, 0) is 17.7 Å². The second-order valence-electron chi connectivity index (χ2n) is 4.27. The molecule has 0 aliphatic heterocycles. The average molecular weight is 292 g/mol. The van der Waals surface area contributed by atoms with Gasteiger partial charge in [0.2, 0.25) is 0 Å². The predicted octanol–water partition coefficient (Wildman–Crippen LogP) is 2.28. The maximum atomic E-state index is 10.9. The van der Waals surface area contributed by atoms with Crippen LogP contribution in [0.2, 0.25) is 0 Å². The van der Waals surface area contributed by atoms with Crippen LogP contribution in [-0.2, 0) is 24.4 Å². The molecule has 2 rings (SSSR count). The molecule has 0 saturated carbocycles. The number of carboxylic acids is 1. The fourth-order valence-electron chi connectivity index (χ4n) is 1.77. The Bertz CT molecular complexity index is 583. The summed E-state index contributed by atoms with van der Waals surface area (Å²) in [4.78, 5) is 15.3. The number of nitrogens with one attached hydrogen (secondary N) is 1. The Hall–Kier alpha value is -1.76. The number of hydrogen-bond acceptors (Lipinski definition) is 5. The third-order valence-corrected chi connectivity index (χ3v) is 3.55. The van der Waals surface area contributed by atoms with Gasteiger partial charge in [-0.25, -0.2) is 9.78 Å². The van der Waals surface area contributed by atoms with Gasteiger partial charge in [-0.2, -0.15) is 0 Å².